The van der Waals surface area contributed by atoms with E-state index < -0.39 is 0 Å². The van der Waals surface area contributed by atoms with Gasteiger partial charge in [0, 0.05) is 9.85 Å². The van der Waals surface area contributed by atoms with E-state index >= 15 is 0 Å². The van der Waals surface area contributed by atoms with Gasteiger partial charge in [-0.1, -0.05) is 59.3 Å². The molecule has 0 aromatic heterocycles. The zero-order valence-electron chi connectivity index (χ0n) is 13.2. The lowest BCUT2D eigenvalue weighted by Crippen LogP contribution is -2.29. The SMILES string of the molecule is Cc1cc(Cl)c(C(Br)C2CCC3CCCCC3C2)cc1C. The van der Waals surface area contributed by atoms with Crippen molar-refractivity contribution in [2.45, 2.75) is 63.6 Å². The van der Waals surface area contributed by atoms with Crippen LogP contribution in [-0.2, 0) is 0 Å². The molecule has 0 N–H and O–H groups in total. The quantitative estimate of drug-likeness (QED) is 0.492. The van der Waals surface area contributed by atoms with Crippen molar-refractivity contribution < 1.29 is 0 Å². The highest BCUT2D eigenvalue weighted by Crippen LogP contribution is 2.49. The molecule has 4 unspecified atom stereocenters. The van der Waals surface area contributed by atoms with E-state index in [1.165, 1.54) is 61.6 Å². The summed E-state index contributed by atoms with van der Waals surface area (Å²) in [6, 6.07) is 4.43. The summed E-state index contributed by atoms with van der Waals surface area (Å²) in [6.07, 6.45) is 10.0. The van der Waals surface area contributed by atoms with Crippen LogP contribution in [0.4, 0.5) is 0 Å². The van der Waals surface area contributed by atoms with Crippen molar-refractivity contribution in [3.05, 3.63) is 33.8 Å². The van der Waals surface area contributed by atoms with Crippen LogP contribution in [0.3, 0.4) is 0 Å². The summed E-state index contributed by atoms with van der Waals surface area (Å²) in [6.45, 7) is 4.33. The lowest BCUT2D eigenvalue weighted by atomic mass is 9.66. The van der Waals surface area contributed by atoms with Crippen molar-refractivity contribution in [1.29, 1.82) is 0 Å². The minimum atomic E-state index is 0.423. The minimum Gasteiger partial charge on any atom is -0.0840 e. The number of rotatable bonds is 2. The zero-order valence-corrected chi connectivity index (χ0v) is 15.5. The first-order valence-corrected chi connectivity index (χ1v) is 9.76. The zero-order chi connectivity index (χ0) is 15.0. The standard InChI is InChI=1S/C19H26BrCl/c1-12-9-17(18(21)10-13(12)2)19(20)16-8-7-14-5-3-4-6-15(14)11-16/h9-10,14-16,19H,3-8,11H2,1-2H3. The smallest absolute Gasteiger partial charge is 0.0452 e. The molecule has 0 spiro atoms. The normalized spacial score (nSPS) is 30.8. The summed E-state index contributed by atoms with van der Waals surface area (Å²) in [7, 11) is 0. The third-order valence-electron chi connectivity index (χ3n) is 5.90. The monoisotopic (exact) mass is 368 g/mol. The number of fused-ring (bicyclic) bond motifs is 1. The molecule has 0 saturated heterocycles. The van der Waals surface area contributed by atoms with Gasteiger partial charge in [-0.05, 0) is 73.6 Å². The number of hydrogen-bond acceptors (Lipinski definition) is 0. The van der Waals surface area contributed by atoms with E-state index in [9.17, 15) is 0 Å². The van der Waals surface area contributed by atoms with Gasteiger partial charge in [-0.2, -0.15) is 0 Å². The third-order valence-corrected chi connectivity index (χ3v) is 7.47. The fourth-order valence-corrected chi connectivity index (χ4v) is 5.77. The molecular weight excluding hydrogens is 344 g/mol. The molecule has 0 radical (unpaired) electrons. The van der Waals surface area contributed by atoms with Crippen molar-refractivity contribution in [3.63, 3.8) is 0 Å². The lowest BCUT2D eigenvalue weighted by Gasteiger charge is -2.41. The van der Waals surface area contributed by atoms with Crippen molar-refractivity contribution >= 4 is 27.5 Å². The summed E-state index contributed by atoms with van der Waals surface area (Å²) in [5, 5.41) is 0.936. The number of hydrogen-bond donors (Lipinski definition) is 0. The first-order chi connectivity index (χ1) is 10.1. The molecule has 1 aromatic rings. The van der Waals surface area contributed by atoms with E-state index in [0.29, 0.717) is 4.83 Å². The average molecular weight is 370 g/mol. The van der Waals surface area contributed by atoms with Crippen LogP contribution in [0.25, 0.3) is 0 Å². The Labute approximate surface area is 142 Å². The van der Waals surface area contributed by atoms with Crippen LogP contribution in [0.1, 0.15) is 66.5 Å². The maximum atomic E-state index is 6.52. The molecule has 0 heterocycles. The fourth-order valence-electron chi connectivity index (χ4n) is 4.44. The molecular formula is C19H26BrCl. The second-order valence-corrected chi connectivity index (χ2v) is 8.63. The topological polar surface area (TPSA) is 0 Å². The second kappa shape index (κ2) is 6.62. The first kappa shape index (κ1) is 15.9. The summed E-state index contributed by atoms with van der Waals surface area (Å²) < 4.78 is 0. The molecule has 2 saturated carbocycles. The van der Waals surface area contributed by atoms with Gasteiger partial charge in [0.2, 0.25) is 0 Å². The lowest BCUT2D eigenvalue weighted by molar-refractivity contribution is 0.129. The van der Waals surface area contributed by atoms with Gasteiger partial charge in [-0.15, -0.1) is 0 Å². The largest absolute Gasteiger partial charge is 0.0840 e. The molecule has 0 amide bonds. The molecule has 1 aromatic carbocycles. The van der Waals surface area contributed by atoms with Crippen LogP contribution in [0, 0.1) is 31.6 Å². The number of alkyl halides is 1. The van der Waals surface area contributed by atoms with Crippen molar-refractivity contribution in [3.8, 4) is 0 Å². The van der Waals surface area contributed by atoms with Crippen molar-refractivity contribution in [2.24, 2.45) is 17.8 Å². The molecule has 2 aliphatic rings. The Hall–Kier alpha value is -0.0100. The Balaban J connectivity index is 1.76. The Morgan fingerprint density at radius 2 is 1.67 bits per heavy atom. The van der Waals surface area contributed by atoms with Gasteiger partial charge < -0.3 is 0 Å². The molecule has 4 atom stereocenters. The molecule has 3 rings (SSSR count). The van der Waals surface area contributed by atoms with Gasteiger partial charge in [0.15, 0.2) is 0 Å². The highest BCUT2D eigenvalue weighted by atomic mass is 79.9. The van der Waals surface area contributed by atoms with E-state index in [0.717, 1.165) is 22.8 Å². The van der Waals surface area contributed by atoms with Gasteiger partial charge in [0.25, 0.3) is 0 Å². The number of halogens is 2. The Kier molecular flexibility index (Phi) is 5.01. The second-order valence-electron chi connectivity index (χ2n) is 7.24. The fraction of sp³-hybridized carbons (Fsp3) is 0.684. The third kappa shape index (κ3) is 3.34. The summed E-state index contributed by atoms with van der Waals surface area (Å²) in [5.41, 5.74) is 3.95. The Morgan fingerprint density at radius 3 is 2.43 bits per heavy atom. The predicted octanol–water partition coefficient (Wildman–Crippen LogP) is 7.00. The summed E-state index contributed by atoms with van der Waals surface area (Å²) in [4.78, 5) is 0.423. The maximum Gasteiger partial charge on any atom is 0.0452 e. The molecule has 0 nitrogen and oxygen atoms in total. The number of aryl methyl sites for hydroxylation is 2. The number of benzene rings is 1. The molecule has 2 fully saturated rings. The molecule has 2 aliphatic carbocycles. The van der Waals surface area contributed by atoms with Crippen LogP contribution in [-0.4, -0.2) is 0 Å². The molecule has 0 aliphatic heterocycles. The van der Waals surface area contributed by atoms with E-state index in [4.69, 9.17) is 11.6 Å². The van der Waals surface area contributed by atoms with Gasteiger partial charge in [-0.3, -0.25) is 0 Å². The van der Waals surface area contributed by atoms with E-state index in [1.54, 1.807) is 0 Å². The van der Waals surface area contributed by atoms with E-state index in [2.05, 4.69) is 41.9 Å². The minimum absolute atomic E-state index is 0.423. The van der Waals surface area contributed by atoms with Crippen molar-refractivity contribution in [1.82, 2.24) is 0 Å². The highest BCUT2D eigenvalue weighted by Gasteiger charge is 2.35. The van der Waals surface area contributed by atoms with Gasteiger partial charge in [0.05, 0.1) is 0 Å². The highest BCUT2D eigenvalue weighted by molar-refractivity contribution is 9.09. The van der Waals surface area contributed by atoms with Crippen molar-refractivity contribution in [2.75, 3.05) is 0 Å². The van der Waals surface area contributed by atoms with Crippen LogP contribution < -0.4 is 0 Å². The molecule has 21 heavy (non-hydrogen) atoms. The first-order valence-electron chi connectivity index (χ1n) is 8.47. The Morgan fingerprint density at radius 1 is 1.00 bits per heavy atom. The molecule has 2 heteroatoms. The van der Waals surface area contributed by atoms with E-state index in [-0.39, 0.29) is 0 Å². The average Bonchev–Trinajstić information content (AvgIpc) is 2.50. The van der Waals surface area contributed by atoms with E-state index in [1.807, 2.05) is 0 Å². The van der Waals surface area contributed by atoms with Gasteiger partial charge >= 0.3 is 0 Å². The molecule has 0 bridgehead atoms. The Bertz CT molecular complexity index is 511. The van der Waals surface area contributed by atoms with Gasteiger partial charge in [0.1, 0.15) is 0 Å². The summed E-state index contributed by atoms with van der Waals surface area (Å²) in [5.74, 6) is 2.75. The maximum absolute atomic E-state index is 6.52. The van der Waals surface area contributed by atoms with Crippen LogP contribution in [0.15, 0.2) is 12.1 Å². The van der Waals surface area contributed by atoms with Gasteiger partial charge in [-0.25, -0.2) is 0 Å². The van der Waals surface area contributed by atoms with Crippen LogP contribution in [0.5, 0.6) is 0 Å². The van der Waals surface area contributed by atoms with Crippen LogP contribution >= 0.6 is 27.5 Å². The molecule has 116 valence electrons. The van der Waals surface area contributed by atoms with Crippen LogP contribution in [0.2, 0.25) is 5.02 Å². The summed E-state index contributed by atoms with van der Waals surface area (Å²) >= 11 is 10.5. The predicted molar refractivity (Wildman–Crippen MR) is 95.4 cm³/mol.